The third-order valence-corrected chi connectivity index (χ3v) is 4.75. The molecular formula is C16H20ClNS. The van der Waals surface area contributed by atoms with Crippen LogP contribution in [0.2, 0.25) is 4.34 Å². The lowest BCUT2D eigenvalue weighted by atomic mass is 10.0. The van der Waals surface area contributed by atoms with Gasteiger partial charge in [0.05, 0.1) is 10.4 Å². The smallest absolute Gasteiger partial charge is 0.0961 e. The molecule has 0 aliphatic rings. The van der Waals surface area contributed by atoms with Gasteiger partial charge >= 0.3 is 0 Å². The Morgan fingerprint density at radius 3 is 2.63 bits per heavy atom. The number of thiophene rings is 1. The van der Waals surface area contributed by atoms with Crippen LogP contribution in [0, 0.1) is 13.8 Å². The summed E-state index contributed by atoms with van der Waals surface area (Å²) in [6.45, 7) is 7.39. The molecule has 0 fully saturated rings. The molecule has 0 aliphatic carbocycles. The van der Waals surface area contributed by atoms with E-state index in [2.05, 4.69) is 56.4 Å². The standard InChI is InChI=1S/C16H20ClNS/c1-4-8-18-15(13-7-5-6-11(2)9-13)14-10-12(3)16(17)19-14/h5-7,9-10,15,18H,4,8H2,1-3H3. The van der Waals surface area contributed by atoms with Gasteiger partial charge in [-0.25, -0.2) is 0 Å². The summed E-state index contributed by atoms with van der Waals surface area (Å²) in [5, 5.41) is 3.62. The van der Waals surface area contributed by atoms with E-state index in [1.165, 1.54) is 16.0 Å². The van der Waals surface area contributed by atoms with Crippen LogP contribution in [0.4, 0.5) is 0 Å². The molecule has 0 spiro atoms. The van der Waals surface area contributed by atoms with Crippen molar-refractivity contribution in [3.63, 3.8) is 0 Å². The van der Waals surface area contributed by atoms with Crippen molar-refractivity contribution in [1.29, 1.82) is 0 Å². The minimum atomic E-state index is 0.246. The molecule has 1 unspecified atom stereocenters. The minimum Gasteiger partial charge on any atom is -0.306 e. The van der Waals surface area contributed by atoms with Crippen molar-refractivity contribution < 1.29 is 0 Å². The first-order valence-electron chi connectivity index (χ1n) is 6.67. The molecule has 1 aromatic heterocycles. The van der Waals surface area contributed by atoms with E-state index in [4.69, 9.17) is 11.6 Å². The highest BCUT2D eigenvalue weighted by Crippen LogP contribution is 2.34. The van der Waals surface area contributed by atoms with E-state index < -0.39 is 0 Å². The van der Waals surface area contributed by atoms with Crippen LogP contribution < -0.4 is 5.32 Å². The second-order valence-corrected chi connectivity index (χ2v) is 6.59. The summed E-state index contributed by atoms with van der Waals surface area (Å²) < 4.78 is 0.894. The van der Waals surface area contributed by atoms with Crippen LogP contribution >= 0.6 is 22.9 Å². The Kier molecular flexibility index (Phi) is 5.03. The minimum absolute atomic E-state index is 0.246. The fourth-order valence-electron chi connectivity index (χ4n) is 2.15. The highest BCUT2D eigenvalue weighted by molar-refractivity contribution is 7.16. The van der Waals surface area contributed by atoms with Crippen molar-refractivity contribution in [2.45, 2.75) is 33.2 Å². The fraction of sp³-hybridized carbons (Fsp3) is 0.375. The Hall–Kier alpha value is -0.830. The van der Waals surface area contributed by atoms with Gasteiger partial charge in [-0.2, -0.15) is 0 Å². The molecule has 2 rings (SSSR count). The zero-order valence-corrected chi connectivity index (χ0v) is 13.2. The molecule has 19 heavy (non-hydrogen) atoms. The van der Waals surface area contributed by atoms with Gasteiger partial charge in [0.1, 0.15) is 0 Å². The average Bonchev–Trinajstić information content (AvgIpc) is 2.70. The zero-order chi connectivity index (χ0) is 13.8. The van der Waals surface area contributed by atoms with Gasteiger partial charge in [0.25, 0.3) is 0 Å². The second kappa shape index (κ2) is 6.56. The number of hydrogen-bond donors (Lipinski definition) is 1. The predicted molar refractivity (Wildman–Crippen MR) is 85.4 cm³/mol. The zero-order valence-electron chi connectivity index (χ0n) is 11.7. The maximum absolute atomic E-state index is 6.22. The van der Waals surface area contributed by atoms with Crippen molar-refractivity contribution >= 4 is 22.9 Å². The average molecular weight is 294 g/mol. The summed E-state index contributed by atoms with van der Waals surface area (Å²) in [7, 11) is 0. The van der Waals surface area contributed by atoms with Crippen LogP contribution in [0.1, 0.15) is 41.0 Å². The summed E-state index contributed by atoms with van der Waals surface area (Å²) in [5.41, 5.74) is 3.77. The monoisotopic (exact) mass is 293 g/mol. The molecule has 1 heterocycles. The Balaban J connectivity index is 2.35. The molecule has 1 aromatic carbocycles. The van der Waals surface area contributed by atoms with Gasteiger partial charge in [-0.3, -0.25) is 0 Å². The lowest BCUT2D eigenvalue weighted by Gasteiger charge is -2.18. The number of halogens is 1. The molecule has 1 N–H and O–H groups in total. The third kappa shape index (κ3) is 3.59. The van der Waals surface area contributed by atoms with Gasteiger partial charge in [-0.15, -0.1) is 11.3 Å². The maximum Gasteiger partial charge on any atom is 0.0961 e. The van der Waals surface area contributed by atoms with Crippen LogP contribution in [0.3, 0.4) is 0 Å². The fourth-order valence-corrected chi connectivity index (χ4v) is 3.47. The van der Waals surface area contributed by atoms with Gasteiger partial charge < -0.3 is 5.32 Å². The number of nitrogens with one attached hydrogen (secondary N) is 1. The second-order valence-electron chi connectivity index (χ2n) is 4.91. The van der Waals surface area contributed by atoms with Gasteiger partial charge in [0.2, 0.25) is 0 Å². The Labute approximate surface area is 124 Å². The number of benzene rings is 1. The van der Waals surface area contributed by atoms with E-state index in [0.717, 1.165) is 22.9 Å². The Morgan fingerprint density at radius 1 is 1.26 bits per heavy atom. The van der Waals surface area contributed by atoms with E-state index in [1.807, 2.05) is 0 Å². The summed E-state index contributed by atoms with van der Waals surface area (Å²) in [6, 6.07) is 11.1. The van der Waals surface area contributed by atoms with E-state index >= 15 is 0 Å². The normalized spacial score (nSPS) is 12.6. The van der Waals surface area contributed by atoms with Gasteiger partial charge in [-0.05, 0) is 44.0 Å². The maximum atomic E-state index is 6.22. The molecule has 0 aliphatic heterocycles. The molecule has 0 amide bonds. The SMILES string of the molecule is CCCNC(c1cccc(C)c1)c1cc(C)c(Cl)s1. The van der Waals surface area contributed by atoms with Crippen LogP contribution in [0.25, 0.3) is 0 Å². The van der Waals surface area contributed by atoms with Gasteiger partial charge in [-0.1, -0.05) is 48.4 Å². The molecule has 102 valence electrons. The number of hydrogen-bond acceptors (Lipinski definition) is 2. The Morgan fingerprint density at radius 2 is 2.05 bits per heavy atom. The molecule has 2 aromatic rings. The molecule has 3 heteroatoms. The van der Waals surface area contributed by atoms with Gasteiger partial charge in [0, 0.05) is 4.88 Å². The molecular weight excluding hydrogens is 274 g/mol. The highest BCUT2D eigenvalue weighted by Gasteiger charge is 2.16. The largest absolute Gasteiger partial charge is 0.306 e. The quantitative estimate of drug-likeness (QED) is 0.808. The first-order valence-corrected chi connectivity index (χ1v) is 7.87. The van der Waals surface area contributed by atoms with E-state index in [0.29, 0.717) is 0 Å². The summed E-state index contributed by atoms with van der Waals surface area (Å²) in [6.07, 6.45) is 1.13. The predicted octanol–water partition coefficient (Wildman–Crippen LogP) is 5.11. The summed E-state index contributed by atoms with van der Waals surface area (Å²) >= 11 is 7.89. The third-order valence-electron chi connectivity index (χ3n) is 3.13. The lowest BCUT2D eigenvalue weighted by molar-refractivity contribution is 0.605. The summed E-state index contributed by atoms with van der Waals surface area (Å²) in [5.74, 6) is 0. The molecule has 0 radical (unpaired) electrons. The van der Waals surface area contributed by atoms with Crippen LogP contribution in [0.15, 0.2) is 30.3 Å². The van der Waals surface area contributed by atoms with Crippen molar-refractivity contribution in [2.75, 3.05) is 6.54 Å². The topological polar surface area (TPSA) is 12.0 Å². The van der Waals surface area contributed by atoms with Crippen molar-refractivity contribution in [3.8, 4) is 0 Å². The number of aryl methyl sites for hydroxylation is 2. The molecule has 1 atom stereocenters. The van der Waals surface area contributed by atoms with Crippen LogP contribution in [-0.4, -0.2) is 6.54 Å². The lowest BCUT2D eigenvalue weighted by Crippen LogP contribution is -2.22. The number of rotatable bonds is 5. The summed E-state index contributed by atoms with van der Waals surface area (Å²) in [4.78, 5) is 1.29. The molecule has 0 bridgehead atoms. The molecule has 0 saturated carbocycles. The highest BCUT2D eigenvalue weighted by atomic mass is 35.5. The van der Waals surface area contributed by atoms with Crippen molar-refractivity contribution in [2.24, 2.45) is 0 Å². The first kappa shape index (κ1) is 14.6. The molecule has 1 nitrogen and oxygen atoms in total. The first-order chi connectivity index (χ1) is 9.11. The van der Waals surface area contributed by atoms with E-state index in [9.17, 15) is 0 Å². The van der Waals surface area contributed by atoms with Crippen molar-refractivity contribution in [3.05, 3.63) is 56.2 Å². The van der Waals surface area contributed by atoms with Crippen LogP contribution in [-0.2, 0) is 0 Å². The Bertz CT molecular complexity index is 528. The van der Waals surface area contributed by atoms with E-state index in [-0.39, 0.29) is 6.04 Å². The van der Waals surface area contributed by atoms with Crippen molar-refractivity contribution in [1.82, 2.24) is 5.32 Å². The van der Waals surface area contributed by atoms with E-state index in [1.54, 1.807) is 11.3 Å². The molecule has 0 saturated heterocycles. The van der Waals surface area contributed by atoms with Crippen LogP contribution in [0.5, 0.6) is 0 Å². The van der Waals surface area contributed by atoms with Gasteiger partial charge in [0.15, 0.2) is 0 Å².